The van der Waals surface area contributed by atoms with E-state index in [-0.39, 0.29) is 0 Å². The number of imidazole rings is 1. The van der Waals surface area contributed by atoms with Gasteiger partial charge < -0.3 is 14.2 Å². The van der Waals surface area contributed by atoms with E-state index in [0.717, 1.165) is 15.8 Å². The van der Waals surface area contributed by atoms with Gasteiger partial charge in [-0.25, -0.2) is 0 Å². The Kier molecular flexibility index (Phi) is 7.10. The molecule has 0 bridgehead atoms. The summed E-state index contributed by atoms with van der Waals surface area (Å²) in [6.45, 7) is 4.99. The summed E-state index contributed by atoms with van der Waals surface area (Å²) in [5.41, 5.74) is 0. The third-order valence-corrected chi connectivity index (χ3v) is 3.93. The van der Waals surface area contributed by atoms with Gasteiger partial charge in [0.25, 0.3) is 6.01 Å². The molecule has 7 heteroatoms. The normalized spacial score (nSPS) is 10.8. The number of aromatic nitrogens is 2. The molecule has 1 heterocycles. The number of hydrogen-bond acceptors (Lipinski definition) is 4. The van der Waals surface area contributed by atoms with Gasteiger partial charge in [0.1, 0.15) is 15.8 Å². The van der Waals surface area contributed by atoms with E-state index in [9.17, 15) is 0 Å². The highest BCUT2D eigenvalue weighted by atomic mass is 79.9. The topological polar surface area (TPSA) is 45.5 Å². The molecule has 0 radical (unpaired) electrons. The van der Waals surface area contributed by atoms with Crippen LogP contribution in [-0.4, -0.2) is 43.1 Å². The van der Waals surface area contributed by atoms with Crippen molar-refractivity contribution in [2.75, 3.05) is 33.5 Å². The van der Waals surface area contributed by atoms with Crippen molar-refractivity contribution in [3.8, 4) is 6.01 Å². The SMILES string of the molecule is CCn1c(OCCOCCOC)nc(Br)c1Br. The van der Waals surface area contributed by atoms with Crippen LogP contribution in [0.3, 0.4) is 0 Å². The summed E-state index contributed by atoms with van der Waals surface area (Å²) >= 11 is 6.77. The summed E-state index contributed by atoms with van der Waals surface area (Å²) in [5.74, 6) is 0. The van der Waals surface area contributed by atoms with Gasteiger partial charge in [0.05, 0.1) is 19.8 Å². The molecule has 0 saturated heterocycles. The van der Waals surface area contributed by atoms with Gasteiger partial charge in [0, 0.05) is 13.7 Å². The van der Waals surface area contributed by atoms with Crippen molar-refractivity contribution in [2.24, 2.45) is 0 Å². The smallest absolute Gasteiger partial charge is 0.298 e. The first-order valence-electron chi connectivity index (χ1n) is 5.31. The number of ether oxygens (including phenoxy) is 3. The second-order valence-corrected chi connectivity index (χ2v) is 4.68. The minimum atomic E-state index is 0.472. The molecule has 0 aliphatic heterocycles. The minimum Gasteiger partial charge on any atom is -0.462 e. The average molecular weight is 372 g/mol. The van der Waals surface area contributed by atoms with E-state index in [2.05, 4.69) is 36.8 Å². The van der Waals surface area contributed by atoms with Crippen LogP contribution >= 0.6 is 31.9 Å². The second kappa shape index (κ2) is 8.07. The van der Waals surface area contributed by atoms with E-state index in [1.165, 1.54) is 0 Å². The molecule has 0 atom stereocenters. The van der Waals surface area contributed by atoms with Crippen LogP contribution in [0, 0.1) is 0 Å². The fourth-order valence-corrected chi connectivity index (χ4v) is 2.06. The zero-order valence-corrected chi connectivity index (χ0v) is 13.1. The summed E-state index contributed by atoms with van der Waals surface area (Å²) < 4.78 is 19.3. The minimum absolute atomic E-state index is 0.472. The molecule has 0 fully saturated rings. The molecule has 1 aromatic heterocycles. The lowest BCUT2D eigenvalue weighted by atomic mass is 10.7. The van der Waals surface area contributed by atoms with Crippen LogP contribution in [0.4, 0.5) is 0 Å². The number of halogens is 2. The highest BCUT2D eigenvalue weighted by molar-refractivity contribution is 9.13. The summed E-state index contributed by atoms with van der Waals surface area (Å²) in [5, 5.41) is 0. The first-order chi connectivity index (χ1) is 8.20. The number of rotatable bonds is 8. The van der Waals surface area contributed by atoms with Gasteiger partial charge in [0.15, 0.2) is 0 Å². The first-order valence-corrected chi connectivity index (χ1v) is 6.90. The Bertz CT molecular complexity index is 345. The molecule has 0 N–H and O–H groups in total. The van der Waals surface area contributed by atoms with Crippen molar-refractivity contribution in [1.29, 1.82) is 0 Å². The van der Waals surface area contributed by atoms with Gasteiger partial charge in [-0.3, -0.25) is 4.57 Å². The highest BCUT2D eigenvalue weighted by Gasteiger charge is 2.12. The zero-order chi connectivity index (χ0) is 12.7. The standard InChI is InChI=1S/C10H16Br2N2O3/c1-3-14-9(12)8(11)13-10(14)17-7-6-16-5-4-15-2/h3-7H2,1-2H3. The average Bonchev–Trinajstić information content (AvgIpc) is 2.59. The van der Waals surface area contributed by atoms with Gasteiger partial charge in [-0.1, -0.05) is 0 Å². The number of nitrogens with zero attached hydrogens (tertiary/aromatic N) is 2. The van der Waals surface area contributed by atoms with Crippen LogP contribution in [0.1, 0.15) is 6.92 Å². The van der Waals surface area contributed by atoms with Gasteiger partial charge in [-0.2, -0.15) is 4.98 Å². The van der Waals surface area contributed by atoms with Crippen molar-refractivity contribution < 1.29 is 14.2 Å². The first kappa shape index (κ1) is 14.9. The Morgan fingerprint density at radius 2 is 1.88 bits per heavy atom. The molecular formula is C10H16Br2N2O3. The van der Waals surface area contributed by atoms with Gasteiger partial charge in [-0.05, 0) is 38.8 Å². The molecule has 0 aromatic carbocycles. The largest absolute Gasteiger partial charge is 0.462 e. The lowest BCUT2D eigenvalue weighted by molar-refractivity contribution is 0.0521. The maximum atomic E-state index is 5.54. The van der Waals surface area contributed by atoms with E-state index >= 15 is 0 Å². The van der Waals surface area contributed by atoms with E-state index in [1.807, 2.05) is 11.5 Å². The molecule has 0 saturated carbocycles. The lowest BCUT2D eigenvalue weighted by Crippen LogP contribution is -2.12. The Balaban J connectivity index is 2.34. The highest BCUT2D eigenvalue weighted by Crippen LogP contribution is 2.27. The summed E-state index contributed by atoms with van der Waals surface area (Å²) in [6.07, 6.45) is 0. The number of hydrogen-bond donors (Lipinski definition) is 0. The van der Waals surface area contributed by atoms with Crippen LogP contribution in [0.5, 0.6) is 6.01 Å². The molecule has 0 unspecified atom stereocenters. The van der Waals surface area contributed by atoms with Crippen LogP contribution in [-0.2, 0) is 16.0 Å². The van der Waals surface area contributed by atoms with E-state index < -0.39 is 0 Å². The quantitative estimate of drug-likeness (QED) is 0.658. The van der Waals surface area contributed by atoms with E-state index in [1.54, 1.807) is 7.11 Å². The molecule has 1 aromatic rings. The molecule has 0 amide bonds. The summed E-state index contributed by atoms with van der Waals surface area (Å²) in [6, 6.07) is 0.585. The zero-order valence-electron chi connectivity index (χ0n) is 9.91. The Hall–Kier alpha value is -0.110. The maximum Gasteiger partial charge on any atom is 0.298 e. The molecule has 98 valence electrons. The molecule has 5 nitrogen and oxygen atoms in total. The fraction of sp³-hybridized carbons (Fsp3) is 0.700. The number of methoxy groups -OCH3 is 1. The molecule has 0 aliphatic rings. The van der Waals surface area contributed by atoms with Crippen molar-refractivity contribution in [2.45, 2.75) is 13.5 Å². The van der Waals surface area contributed by atoms with Crippen molar-refractivity contribution >= 4 is 31.9 Å². The van der Waals surface area contributed by atoms with Crippen LogP contribution in [0.2, 0.25) is 0 Å². The summed E-state index contributed by atoms with van der Waals surface area (Å²) in [7, 11) is 1.65. The summed E-state index contributed by atoms with van der Waals surface area (Å²) in [4.78, 5) is 4.25. The predicted octanol–water partition coefficient (Wildman–Crippen LogP) is 2.47. The van der Waals surface area contributed by atoms with Crippen molar-refractivity contribution in [1.82, 2.24) is 9.55 Å². The Labute approximate surface area is 118 Å². The van der Waals surface area contributed by atoms with Crippen LogP contribution < -0.4 is 4.74 Å². The lowest BCUT2D eigenvalue weighted by Gasteiger charge is -2.08. The molecule has 0 spiro atoms. The second-order valence-electron chi connectivity index (χ2n) is 3.17. The van der Waals surface area contributed by atoms with E-state index in [4.69, 9.17) is 14.2 Å². The van der Waals surface area contributed by atoms with Gasteiger partial charge in [-0.15, -0.1) is 0 Å². The fourth-order valence-electron chi connectivity index (χ4n) is 1.21. The molecule has 0 aliphatic carbocycles. The third kappa shape index (κ3) is 4.57. The van der Waals surface area contributed by atoms with Gasteiger partial charge >= 0.3 is 0 Å². The monoisotopic (exact) mass is 370 g/mol. The molecular weight excluding hydrogens is 356 g/mol. The van der Waals surface area contributed by atoms with Gasteiger partial charge in [0.2, 0.25) is 0 Å². The predicted molar refractivity (Wildman–Crippen MR) is 71.5 cm³/mol. The van der Waals surface area contributed by atoms with Crippen molar-refractivity contribution in [3.63, 3.8) is 0 Å². The molecule has 17 heavy (non-hydrogen) atoms. The van der Waals surface area contributed by atoms with Crippen LogP contribution in [0.15, 0.2) is 9.21 Å². The van der Waals surface area contributed by atoms with E-state index in [0.29, 0.717) is 32.4 Å². The Morgan fingerprint density at radius 1 is 1.18 bits per heavy atom. The maximum absolute atomic E-state index is 5.54. The van der Waals surface area contributed by atoms with Crippen molar-refractivity contribution in [3.05, 3.63) is 9.21 Å². The molecule has 1 rings (SSSR count). The van der Waals surface area contributed by atoms with Crippen LogP contribution in [0.25, 0.3) is 0 Å². The Morgan fingerprint density at radius 3 is 2.53 bits per heavy atom. The third-order valence-electron chi connectivity index (χ3n) is 2.04.